The highest BCUT2D eigenvalue weighted by molar-refractivity contribution is 6.33. The average Bonchev–Trinajstić information content (AvgIpc) is 2.93. The van der Waals surface area contributed by atoms with Crippen LogP contribution in [0, 0.1) is 0 Å². The molecule has 4 nitrogen and oxygen atoms in total. The second kappa shape index (κ2) is 6.07. The number of ether oxygens (including phenoxy) is 1. The number of rotatable bonds is 3. The molecule has 0 radical (unpaired) electrons. The highest BCUT2D eigenvalue weighted by Crippen LogP contribution is 2.25. The molecule has 2 aliphatic heterocycles. The van der Waals surface area contributed by atoms with Gasteiger partial charge in [0.2, 0.25) is 0 Å². The molecule has 1 atom stereocenters. The van der Waals surface area contributed by atoms with Crippen LogP contribution in [-0.4, -0.2) is 55.3 Å². The van der Waals surface area contributed by atoms with Crippen molar-refractivity contribution in [3.63, 3.8) is 0 Å². The van der Waals surface area contributed by atoms with Crippen LogP contribution in [0.2, 0.25) is 5.02 Å². The first-order valence-electron chi connectivity index (χ1n) is 7.01. The van der Waals surface area contributed by atoms with E-state index in [9.17, 15) is 0 Å². The number of halogens is 1. The lowest BCUT2D eigenvalue weighted by atomic mass is 10.2. The lowest BCUT2D eigenvalue weighted by molar-refractivity contribution is 0.0713. The van der Waals surface area contributed by atoms with E-state index in [-0.39, 0.29) is 0 Å². The van der Waals surface area contributed by atoms with E-state index in [4.69, 9.17) is 16.3 Å². The van der Waals surface area contributed by atoms with E-state index < -0.39 is 0 Å². The van der Waals surface area contributed by atoms with Gasteiger partial charge < -0.3 is 9.64 Å². The molecular weight excluding hydrogens is 262 g/mol. The quantitative estimate of drug-likeness (QED) is 0.848. The summed E-state index contributed by atoms with van der Waals surface area (Å²) in [5.41, 5.74) is 1.11. The van der Waals surface area contributed by atoms with Crippen LogP contribution < -0.4 is 4.90 Å². The summed E-state index contributed by atoms with van der Waals surface area (Å²) >= 11 is 6.19. The zero-order valence-corrected chi connectivity index (χ0v) is 11.9. The van der Waals surface area contributed by atoms with E-state index >= 15 is 0 Å². The van der Waals surface area contributed by atoms with Crippen LogP contribution in [0.1, 0.15) is 12.8 Å². The van der Waals surface area contributed by atoms with Gasteiger partial charge in [0.1, 0.15) is 0 Å². The normalized spacial score (nSPS) is 24.9. The third-order valence-electron chi connectivity index (χ3n) is 3.95. The molecule has 0 aromatic carbocycles. The van der Waals surface area contributed by atoms with Crippen molar-refractivity contribution in [1.82, 2.24) is 9.88 Å². The van der Waals surface area contributed by atoms with Gasteiger partial charge in [-0.1, -0.05) is 11.6 Å². The summed E-state index contributed by atoms with van der Waals surface area (Å²) in [6, 6.07) is 2.00. The van der Waals surface area contributed by atoms with Crippen LogP contribution in [0.4, 0.5) is 5.69 Å². The molecule has 0 spiro atoms. The third-order valence-corrected chi connectivity index (χ3v) is 4.24. The van der Waals surface area contributed by atoms with Crippen LogP contribution in [0.5, 0.6) is 0 Å². The van der Waals surface area contributed by atoms with Crippen LogP contribution in [-0.2, 0) is 4.74 Å². The van der Waals surface area contributed by atoms with E-state index in [1.54, 1.807) is 12.4 Å². The van der Waals surface area contributed by atoms with Crippen molar-refractivity contribution in [3.8, 4) is 0 Å². The monoisotopic (exact) mass is 281 g/mol. The van der Waals surface area contributed by atoms with Gasteiger partial charge in [-0.05, 0) is 18.9 Å². The fraction of sp³-hybridized carbons (Fsp3) is 0.643. The van der Waals surface area contributed by atoms with Gasteiger partial charge in [-0.2, -0.15) is 0 Å². The molecule has 1 aromatic heterocycles. The Bertz CT molecular complexity index is 415. The fourth-order valence-electron chi connectivity index (χ4n) is 2.87. The number of aromatic nitrogens is 1. The van der Waals surface area contributed by atoms with Gasteiger partial charge in [0, 0.05) is 51.7 Å². The van der Waals surface area contributed by atoms with Crippen molar-refractivity contribution in [2.75, 3.05) is 44.2 Å². The summed E-state index contributed by atoms with van der Waals surface area (Å²) in [5, 5.41) is 0.745. The van der Waals surface area contributed by atoms with E-state index in [1.807, 2.05) is 6.07 Å². The number of anilines is 1. The second-order valence-electron chi connectivity index (χ2n) is 5.25. The Morgan fingerprint density at radius 2 is 2.16 bits per heavy atom. The first-order chi connectivity index (χ1) is 9.33. The molecule has 5 heteroatoms. The molecule has 3 heterocycles. The van der Waals surface area contributed by atoms with Gasteiger partial charge in [-0.15, -0.1) is 0 Å². The van der Waals surface area contributed by atoms with Crippen molar-refractivity contribution in [3.05, 3.63) is 23.5 Å². The minimum absolute atomic E-state index is 0.455. The van der Waals surface area contributed by atoms with Gasteiger partial charge in [0.25, 0.3) is 0 Å². The second-order valence-corrected chi connectivity index (χ2v) is 5.66. The maximum atomic E-state index is 6.19. The van der Waals surface area contributed by atoms with Crippen molar-refractivity contribution in [1.29, 1.82) is 0 Å². The van der Waals surface area contributed by atoms with Crippen molar-refractivity contribution in [2.45, 2.75) is 18.9 Å². The van der Waals surface area contributed by atoms with Crippen LogP contribution in [0.25, 0.3) is 0 Å². The minimum atomic E-state index is 0.455. The van der Waals surface area contributed by atoms with Crippen molar-refractivity contribution < 1.29 is 4.74 Å². The molecule has 0 N–H and O–H groups in total. The summed E-state index contributed by atoms with van der Waals surface area (Å²) in [6.07, 6.45) is 6.42. The number of nitrogens with zero attached hydrogens (tertiary/aromatic N) is 3. The van der Waals surface area contributed by atoms with Gasteiger partial charge in [-0.3, -0.25) is 9.88 Å². The molecule has 0 aliphatic carbocycles. The molecule has 1 aromatic rings. The molecule has 0 bridgehead atoms. The Balaban J connectivity index is 1.53. The Morgan fingerprint density at radius 3 is 2.84 bits per heavy atom. The molecule has 19 heavy (non-hydrogen) atoms. The summed E-state index contributed by atoms with van der Waals surface area (Å²) < 4.78 is 5.70. The van der Waals surface area contributed by atoms with E-state index in [1.165, 1.54) is 12.8 Å². The van der Waals surface area contributed by atoms with E-state index in [0.717, 1.165) is 50.0 Å². The molecule has 2 fully saturated rings. The van der Waals surface area contributed by atoms with Gasteiger partial charge >= 0.3 is 0 Å². The zero-order valence-electron chi connectivity index (χ0n) is 11.1. The number of piperazine rings is 1. The van der Waals surface area contributed by atoms with Crippen LogP contribution in [0.3, 0.4) is 0 Å². The van der Waals surface area contributed by atoms with Crippen LogP contribution >= 0.6 is 11.6 Å². The lowest BCUT2D eigenvalue weighted by Gasteiger charge is -2.37. The standard InChI is InChI=1S/C14H20ClN3O/c15-13-10-16-4-3-14(13)18-7-5-17(6-8-18)11-12-2-1-9-19-12/h3-4,10,12H,1-2,5-9,11H2/t12-/m0/s1. The Hall–Kier alpha value is -0.840. The van der Waals surface area contributed by atoms with Crippen LogP contribution in [0.15, 0.2) is 18.5 Å². The summed E-state index contributed by atoms with van der Waals surface area (Å²) in [7, 11) is 0. The molecule has 0 saturated carbocycles. The third kappa shape index (κ3) is 3.19. The first kappa shape index (κ1) is 13.2. The predicted octanol–water partition coefficient (Wildman–Crippen LogP) is 2.04. The largest absolute Gasteiger partial charge is 0.377 e. The number of hydrogen-bond acceptors (Lipinski definition) is 4. The van der Waals surface area contributed by atoms with E-state index in [2.05, 4.69) is 14.8 Å². The smallest absolute Gasteiger partial charge is 0.0822 e. The molecule has 2 aliphatic rings. The average molecular weight is 282 g/mol. The Kier molecular flexibility index (Phi) is 4.21. The summed E-state index contributed by atoms with van der Waals surface area (Å²) in [6.45, 7) is 6.24. The molecular formula is C14H20ClN3O. The highest BCUT2D eigenvalue weighted by atomic mass is 35.5. The zero-order chi connectivity index (χ0) is 13.1. The first-order valence-corrected chi connectivity index (χ1v) is 7.39. The Labute approximate surface area is 119 Å². The number of hydrogen-bond donors (Lipinski definition) is 0. The lowest BCUT2D eigenvalue weighted by Crippen LogP contribution is -2.48. The number of pyridine rings is 1. The highest BCUT2D eigenvalue weighted by Gasteiger charge is 2.23. The topological polar surface area (TPSA) is 28.6 Å². The summed E-state index contributed by atoms with van der Waals surface area (Å²) in [4.78, 5) is 8.88. The van der Waals surface area contributed by atoms with Crippen molar-refractivity contribution >= 4 is 17.3 Å². The fourth-order valence-corrected chi connectivity index (χ4v) is 3.11. The van der Waals surface area contributed by atoms with E-state index in [0.29, 0.717) is 6.10 Å². The minimum Gasteiger partial charge on any atom is -0.377 e. The molecule has 104 valence electrons. The van der Waals surface area contributed by atoms with Gasteiger partial charge in [0.15, 0.2) is 0 Å². The molecule has 0 unspecified atom stereocenters. The van der Waals surface area contributed by atoms with Gasteiger partial charge in [0.05, 0.1) is 16.8 Å². The maximum Gasteiger partial charge on any atom is 0.0822 e. The van der Waals surface area contributed by atoms with Gasteiger partial charge in [-0.25, -0.2) is 0 Å². The maximum absolute atomic E-state index is 6.19. The Morgan fingerprint density at radius 1 is 1.32 bits per heavy atom. The predicted molar refractivity (Wildman–Crippen MR) is 76.9 cm³/mol. The molecule has 0 amide bonds. The molecule has 3 rings (SSSR count). The molecule has 2 saturated heterocycles. The van der Waals surface area contributed by atoms with Crippen molar-refractivity contribution in [2.24, 2.45) is 0 Å². The summed E-state index contributed by atoms with van der Waals surface area (Å²) in [5.74, 6) is 0. The SMILES string of the molecule is Clc1cnccc1N1CCN(C[C@@H]2CCCO2)CC1.